The molecule has 0 aliphatic carbocycles. The Bertz CT molecular complexity index is 519. The Hall–Kier alpha value is -2.45. The van der Waals surface area contributed by atoms with Crippen molar-refractivity contribution in [3.05, 3.63) is 15.8 Å². The number of nitrogens with one attached hydrogen (secondary N) is 2. The van der Waals surface area contributed by atoms with E-state index >= 15 is 0 Å². The minimum absolute atomic E-state index is 0.0523. The van der Waals surface area contributed by atoms with E-state index < -0.39 is 10.8 Å². The van der Waals surface area contributed by atoms with Crippen LogP contribution in [0.25, 0.3) is 0 Å². The molecule has 9 heteroatoms. The first-order valence-corrected chi connectivity index (χ1v) is 6.16. The van der Waals surface area contributed by atoms with Crippen LogP contribution in [0.3, 0.4) is 0 Å². The Morgan fingerprint density at radius 3 is 2.65 bits per heavy atom. The maximum Gasteiger partial charge on any atom is 0.332 e. The molecular weight excluding hydrogens is 264 g/mol. The van der Waals surface area contributed by atoms with Gasteiger partial charge in [0.05, 0.1) is 4.92 Å². The third-order valence-electron chi connectivity index (χ3n) is 2.47. The quantitative estimate of drug-likeness (QED) is 0.497. The first kappa shape index (κ1) is 15.6. The number of rotatable bonds is 7. The van der Waals surface area contributed by atoms with Gasteiger partial charge in [-0.25, -0.2) is 4.98 Å². The number of hydrogen-bond donors (Lipinski definition) is 3. The van der Waals surface area contributed by atoms with Gasteiger partial charge >= 0.3 is 5.69 Å². The Kier molecular flexibility index (Phi) is 5.18. The van der Waals surface area contributed by atoms with E-state index in [4.69, 9.17) is 5.73 Å². The summed E-state index contributed by atoms with van der Waals surface area (Å²) in [6.45, 7) is 5.68. The van der Waals surface area contributed by atoms with Gasteiger partial charge in [0, 0.05) is 19.0 Å². The molecule has 0 fully saturated rings. The van der Waals surface area contributed by atoms with Gasteiger partial charge in [-0.3, -0.25) is 14.9 Å². The Morgan fingerprint density at radius 2 is 2.15 bits per heavy atom. The van der Waals surface area contributed by atoms with E-state index in [1.807, 2.05) is 6.92 Å². The molecule has 9 nitrogen and oxygen atoms in total. The highest BCUT2D eigenvalue weighted by Gasteiger charge is 2.23. The second kappa shape index (κ2) is 6.64. The Balaban J connectivity index is 3.12. The van der Waals surface area contributed by atoms with Crippen LogP contribution in [0.5, 0.6) is 0 Å². The molecule has 1 aromatic heterocycles. The largest absolute Gasteiger partial charge is 0.370 e. The fraction of sp³-hybridized carbons (Fsp3) is 0.545. The lowest BCUT2D eigenvalue weighted by atomic mass is 10.2. The molecule has 0 spiro atoms. The molecule has 4 N–H and O–H groups in total. The molecule has 0 aromatic carbocycles. The molecule has 1 heterocycles. The van der Waals surface area contributed by atoms with Gasteiger partial charge in [0.25, 0.3) is 0 Å². The molecule has 0 saturated carbocycles. The van der Waals surface area contributed by atoms with Crippen molar-refractivity contribution in [1.29, 1.82) is 0 Å². The Morgan fingerprint density at radius 1 is 1.50 bits per heavy atom. The number of nitro groups is 1. The highest BCUT2D eigenvalue weighted by atomic mass is 16.6. The smallest absolute Gasteiger partial charge is 0.332 e. The van der Waals surface area contributed by atoms with Gasteiger partial charge in [0.2, 0.25) is 17.7 Å². The van der Waals surface area contributed by atoms with Crippen molar-refractivity contribution in [2.24, 2.45) is 5.73 Å². The predicted octanol–water partition coefficient (Wildman–Crippen LogP) is 0.801. The fourth-order valence-corrected chi connectivity index (χ4v) is 1.71. The van der Waals surface area contributed by atoms with Gasteiger partial charge in [-0.1, -0.05) is 0 Å². The summed E-state index contributed by atoms with van der Waals surface area (Å²) in [5.74, 6) is -0.123. The monoisotopic (exact) mass is 282 g/mol. The second-order valence-electron chi connectivity index (χ2n) is 4.33. The zero-order chi connectivity index (χ0) is 15.3. The number of primary amides is 1. The molecule has 0 bridgehead atoms. The normalized spacial score (nSPS) is 11.8. The van der Waals surface area contributed by atoms with Gasteiger partial charge in [-0.15, -0.1) is 0 Å². The van der Waals surface area contributed by atoms with Crippen LogP contribution in [0.4, 0.5) is 17.5 Å². The number of hydrogen-bond acceptors (Lipinski definition) is 7. The molecule has 20 heavy (non-hydrogen) atoms. The molecule has 1 aromatic rings. The van der Waals surface area contributed by atoms with Gasteiger partial charge in [0.15, 0.2) is 0 Å². The zero-order valence-corrected chi connectivity index (χ0v) is 11.6. The van der Waals surface area contributed by atoms with E-state index in [0.29, 0.717) is 12.5 Å². The summed E-state index contributed by atoms with van der Waals surface area (Å²) in [5, 5.41) is 16.8. The predicted molar refractivity (Wildman–Crippen MR) is 74.5 cm³/mol. The number of carbonyl (C=O) groups is 1. The molecule has 1 amide bonds. The number of aryl methyl sites for hydroxylation is 1. The molecule has 0 aliphatic rings. The molecule has 0 aliphatic heterocycles. The maximum absolute atomic E-state index is 11.1. The lowest BCUT2D eigenvalue weighted by molar-refractivity contribution is -0.385. The van der Waals surface area contributed by atoms with Crippen LogP contribution in [-0.2, 0) is 4.79 Å². The van der Waals surface area contributed by atoms with Crippen LogP contribution in [0.15, 0.2) is 0 Å². The third-order valence-corrected chi connectivity index (χ3v) is 2.47. The standard InChI is InChI=1S/C11H18N6O3/c1-4-13-11-15-7(3)9(17(19)20)10(16-11)14-6(2)5-8(12)18/h6H,4-5H2,1-3H3,(H2,12,18)(H2,13,14,15,16). The van der Waals surface area contributed by atoms with Crippen LogP contribution >= 0.6 is 0 Å². The van der Waals surface area contributed by atoms with E-state index in [-0.39, 0.29) is 29.7 Å². The molecular formula is C11H18N6O3. The van der Waals surface area contributed by atoms with Gasteiger partial charge in [-0.2, -0.15) is 4.98 Å². The summed E-state index contributed by atoms with van der Waals surface area (Å²) in [4.78, 5) is 29.5. The van der Waals surface area contributed by atoms with Gasteiger partial charge in [-0.05, 0) is 20.8 Å². The highest BCUT2D eigenvalue weighted by molar-refractivity contribution is 5.75. The molecule has 110 valence electrons. The number of aromatic nitrogens is 2. The maximum atomic E-state index is 11.1. The molecule has 0 saturated heterocycles. The first-order chi connectivity index (χ1) is 9.35. The summed E-state index contributed by atoms with van der Waals surface area (Å²) >= 11 is 0. The van der Waals surface area contributed by atoms with Crippen molar-refractivity contribution in [2.75, 3.05) is 17.2 Å². The third kappa shape index (κ3) is 4.04. The van der Waals surface area contributed by atoms with Crippen molar-refractivity contribution in [3.8, 4) is 0 Å². The summed E-state index contributed by atoms with van der Waals surface area (Å²) in [6, 6.07) is -0.366. The number of carbonyl (C=O) groups excluding carboxylic acids is 1. The van der Waals surface area contributed by atoms with Crippen LogP contribution in [0, 0.1) is 17.0 Å². The average Bonchev–Trinajstić information content (AvgIpc) is 2.26. The lowest BCUT2D eigenvalue weighted by Gasteiger charge is -2.14. The first-order valence-electron chi connectivity index (χ1n) is 6.16. The second-order valence-corrected chi connectivity index (χ2v) is 4.33. The number of anilines is 2. The summed E-state index contributed by atoms with van der Waals surface area (Å²) in [5.41, 5.74) is 5.13. The van der Waals surface area contributed by atoms with E-state index in [9.17, 15) is 14.9 Å². The van der Waals surface area contributed by atoms with E-state index in [0.717, 1.165) is 0 Å². The summed E-state index contributed by atoms with van der Waals surface area (Å²) in [6.07, 6.45) is 0.0523. The Labute approximate surface area is 116 Å². The van der Waals surface area contributed by atoms with Gasteiger partial charge < -0.3 is 16.4 Å². The molecule has 1 rings (SSSR count). The minimum atomic E-state index is -0.551. The molecule has 0 radical (unpaired) electrons. The van der Waals surface area contributed by atoms with Crippen molar-refractivity contribution in [3.63, 3.8) is 0 Å². The number of nitrogens with zero attached hydrogens (tertiary/aromatic N) is 3. The fourth-order valence-electron chi connectivity index (χ4n) is 1.71. The SMILES string of the molecule is CCNc1nc(C)c([N+](=O)[O-])c(NC(C)CC(N)=O)n1. The van der Waals surface area contributed by atoms with Crippen LogP contribution in [0.1, 0.15) is 26.0 Å². The van der Waals surface area contributed by atoms with Crippen LogP contribution < -0.4 is 16.4 Å². The zero-order valence-electron chi connectivity index (χ0n) is 11.6. The number of nitrogens with two attached hydrogens (primary N) is 1. The van der Waals surface area contributed by atoms with E-state index in [1.165, 1.54) is 6.92 Å². The lowest BCUT2D eigenvalue weighted by Crippen LogP contribution is -2.25. The van der Waals surface area contributed by atoms with Crippen molar-refractivity contribution in [1.82, 2.24) is 9.97 Å². The minimum Gasteiger partial charge on any atom is -0.370 e. The summed E-state index contributed by atoms with van der Waals surface area (Å²) in [7, 11) is 0. The average molecular weight is 282 g/mol. The highest BCUT2D eigenvalue weighted by Crippen LogP contribution is 2.27. The topological polar surface area (TPSA) is 136 Å². The summed E-state index contributed by atoms with van der Waals surface area (Å²) < 4.78 is 0. The van der Waals surface area contributed by atoms with E-state index in [1.54, 1.807) is 6.92 Å². The van der Waals surface area contributed by atoms with Crippen LogP contribution in [0.2, 0.25) is 0 Å². The van der Waals surface area contributed by atoms with Crippen LogP contribution in [-0.4, -0.2) is 33.4 Å². The molecule has 1 unspecified atom stereocenters. The van der Waals surface area contributed by atoms with Crippen molar-refractivity contribution >= 4 is 23.4 Å². The molecule has 1 atom stereocenters. The number of amides is 1. The van der Waals surface area contributed by atoms with Crippen molar-refractivity contribution < 1.29 is 9.72 Å². The van der Waals surface area contributed by atoms with Crippen molar-refractivity contribution in [2.45, 2.75) is 33.2 Å². The van der Waals surface area contributed by atoms with E-state index in [2.05, 4.69) is 20.6 Å². The van der Waals surface area contributed by atoms with Gasteiger partial charge in [0.1, 0.15) is 5.69 Å².